The van der Waals surface area contributed by atoms with Gasteiger partial charge in [0.05, 0.1) is 6.61 Å². The molecule has 0 spiro atoms. The molecule has 0 amide bonds. The lowest BCUT2D eigenvalue weighted by Gasteiger charge is -2.37. The number of rotatable bonds is 5. The highest BCUT2D eigenvalue weighted by Crippen LogP contribution is 2.41. The standard InChI is InChI=1S/C18H20BrNO/c1-21-12-13-6-2-5-9-18(13)20-15-10-14(11-15)16-7-3-4-8-17(16)19/h2-9,14-15,20H,10-12H2,1H3. The van der Waals surface area contributed by atoms with Gasteiger partial charge in [-0.15, -0.1) is 0 Å². The molecule has 0 saturated heterocycles. The van der Waals surface area contributed by atoms with Gasteiger partial charge in [-0.1, -0.05) is 52.3 Å². The molecular weight excluding hydrogens is 326 g/mol. The van der Waals surface area contributed by atoms with E-state index in [1.807, 2.05) is 0 Å². The highest BCUT2D eigenvalue weighted by molar-refractivity contribution is 9.10. The Kier molecular flexibility index (Phi) is 4.61. The summed E-state index contributed by atoms with van der Waals surface area (Å²) < 4.78 is 6.49. The van der Waals surface area contributed by atoms with Crippen molar-refractivity contribution in [3.05, 3.63) is 64.1 Å². The smallest absolute Gasteiger partial charge is 0.0733 e. The molecule has 0 bridgehead atoms. The van der Waals surface area contributed by atoms with Gasteiger partial charge in [0.2, 0.25) is 0 Å². The first-order valence-electron chi connectivity index (χ1n) is 7.35. The molecule has 1 aliphatic carbocycles. The van der Waals surface area contributed by atoms with Gasteiger partial charge < -0.3 is 10.1 Å². The van der Waals surface area contributed by atoms with E-state index in [9.17, 15) is 0 Å². The summed E-state index contributed by atoms with van der Waals surface area (Å²) in [5.41, 5.74) is 3.86. The largest absolute Gasteiger partial charge is 0.382 e. The molecule has 0 aromatic heterocycles. The maximum absolute atomic E-state index is 5.26. The summed E-state index contributed by atoms with van der Waals surface area (Å²) in [5.74, 6) is 0.660. The first kappa shape index (κ1) is 14.6. The molecule has 1 fully saturated rings. The van der Waals surface area contributed by atoms with Gasteiger partial charge in [0.25, 0.3) is 0 Å². The van der Waals surface area contributed by atoms with E-state index in [4.69, 9.17) is 4.74 Å². The van der Waals surface area contributed by atoms with Crippen molar-refractivity contribution in [2.24, 2.45) is 0 Å². The fraction of sp³-hybridized carbons (Fsp3) is 0.333. The highest BCUT2D eigenvalue weighted by Gasteiger charge is 2.31. The second-order valence-corrected chi connectivity index (χ2v) is 6.48. The van der Waals surface area contributed by atoms with E-state index >= 15 is 0 Å². The van der Waals surface area contributed by atoms with E-state index in [2.05, 4.69) is 69.8 Å². The quantitative estimate of drug-likeness (QED) is 0.827. The molecule has 0 aliphatic heterocycles. The fourth-order valence-electron chi connectivity index (χ4n) is 2.96. The molecule has 1 N–H and O–H groups in total. The topological polar surface area (TPSA) is 21.3 Å². The van der Waals surface area contributed by atoms with Crippen molar-refractivity contribution in [2.45, 2.75) is 31.4 Å². The summed E-state index contributed by atoms with van der Waals surface area (Å²) in [5, 5.41) is 3.66. The molecule has 2 nitrogen and oxygen atoms in total. The Labute approximate surface area is 134 Å². The zero-order chi connectivity index (χ0) is 14.7. The third kappa shape index (κ3) is 3.30. The van der Waals surface area contributed by atoms with Crippen LogP contribution in [0.5, 0.6) is 0 Å². The Morgan fingerprint density at radius 2 is 1.81 bits per heavy atom. The maximum atomic E-state index is 5.26. The van der Waals surface area contributed by atoms with Crippen LogP contribution in [-0.4, -0.2) is 13.2 Å². The Bertz CT molecular complexity index is 608. The van der Waals surface area contributed by atoms with E-state index in [0.717, 1.165) is 0 Å². The zero-order valence-corrected chi connectivity index (χ0v) is 13.8. The lowest BCUT2D eigenvalue weighted by atomic mass is 9.76. The lowest BCUT2D eigenvalue weighted by Crippen LogP contribution is -2.34. The number of nitrogens with one attached hydrogen (secondary N) is 1. The molecule has 0 unspecified atom stereocenters. The monoisotopic (exact) mass is 345 g/mol. The van der Waals surface area contributed by atoms with Crippen molar-refractivity contribution in [1.29, 1.82) is 0 Å². The minimum absolute atomic E-state index is 0.556. The number of ether oxygens (including phenoxy) is 1. The molecule has 3 rings (SSSR count). The van der Waals surface area contributed by atoms with Crippen LogP contribution in [0.1, 0.15) is 29.9 Å². The van der Waals surface area contributed by atoms with Gasteiger partial charge in [0.1, 0.15) is 0 Å². The molecule has 3 heteroatoms. The summed E-state index contributed by atoms with van der Waals surface area (Å²) in [6.45, 7) is 0.656. The van der Waals surface area contributed by atoms with Crippen LogP contribution in [0.4, 0.5) is 5.69 Å². The van der Waals surface area contributed by atoms with Crippen LogP contribution in [-0.2, 0) is 11.3 Å². The van der Waals surface area contributed by atoms with Gasteiger partial charge in [-0.05, 0) is 36.5 Å². The number of methoxy groups -OCH3 is 1. The van der Waals surface area contributed by atoms with E-state index in [-0.39, 0.29) is 0 Å². The van der Waals surface area contributed by atoms with E-state index in [0.29, 0.717) is 18.6 Å². The van der Waals surface area contributed by atoms with Gasteiger partial charge in [0, 0.05) is 28.9 Å². The zero-order valence-electron chi connectivity index (χ0n) is 12.2. The number of anilines is 1. The molecule has 1 saturated carbocycles. The highest BCUT2D eigenvalue weighted by atomic mass is 79.9. The van der Waals surface area contributed by atoms with Crippen LogP contribution in [0.3, 0.4) is 0 Å². The Morgan fingerprint density at radius 3 is 2.57 bits per heavy atom. The molecule has 2 aromatic carbocycles. The average molecular weight is 346 g/mol. The second-order valence-electron chi connectivity index (χ2n) is 5.62. The van der Waals surface area contributed by atoms with Crippen LogP contribution in [0.15, 0.2) is 53.0 Å². The average Bonchev–Trinajstić information content (AvgIpc) is 2.45. The second kappa shape index (κ2) is 6.63. The lowest BCUT2D eigenvalue weighted by molar-refractivity contribution is 0.185. The third-order valence-corrected chi connectivity index (χ3v) is 4.88. The summed E-state index contributed by atoms with van der Waals surface area (Å²) in [4.78, 5) is 0. The Hall–Kier alpha value is -1.32. The van der Waals surface area contributed by atoms with Gasteiger partial charge in [0.15, 0.2) is 0 Å². The van der Waals surface area contributed by atoms with E-state index < -0.39 is 0 Å². The van der Waals surface area contributed by atoms with Gasteiger partial charge >= 0.3 is 0 Å². The van der Waals surface area contributed by atoms with Crippen LogP contribution < -0.4 is 5.32 Å². The first-order valence-corrected chi connectivity index (χ1v) is 8.15. The van der Waals surface area contributed by atoms with Gasteiger partial charge in [-0.2, -0.15) is 0 Å². The summed E-state index contributed by atoms with van der Waals surface area (Å²) in [6, 6.07) is 17.5. The SMILES string of the molecule is COCc1ccccc1NC1CC(c2ccccc2Br)C1. The third-order valence-electron chi connectivity index (χ3n) is 4.16. The van der Waals surface area contributed by atoms with E-state index in [1.165, 1.54) is 34.1 Å². The number of hydrogen-bond acceptors (Lipinski definition) is 2. The molecular formula is C18H20BrNO. The molecule has 1 aliphatic rings. The normalized spacial score (nSPS) is 20.9. The minimum atomic E-state index is 0.556. The molecule has 21 heavy (non-hydrogen) atoms. The molecule has 2 aromatic rings. The first-order chi connectivity index (χ1) is 10.3. The number of halogens is 1. The van der Waals surface area contributed by atoms with Crippen molar-refractivity contribution >= 4 is 21.6 Å². The predicted molar refractivity (Wildman–Crippen MR) is 90.7 cm³/mol. The fourth-order valence-corrected chi connectivity index (χ4v) is 3.57. The Balaban J connectivity index is 1.62. The predicted octanol–water partition coefficient (Wildman–Crippen LogP) is 4.95. The molecule has 0 atom stereocenters. The molecule has 0 heterocycles. The summed E-state index contributed by atoms with van der Waals surface area (Å²) in [6.07, 6.45) is 2.37. The van der Waals surface area contributed by atoms with Crippen LogP contribution >= 0.6 is 15.9 Å². The minimum Gasteiger partial charge on any atom is -0.382 e. The Morgan fingerprint density at radius 1 is 1.10 bits per heavy atom. The van der Waals surface area contributed by atoms with Crippen LogP contribution in [0, 0.1) is 0 Å². The number of hydrogen-bond donors (Lipinski definition) is 1. The van der Waals surface area contributed by atoms with Gasteiger partial charge in [-0.3, -0.25) is 0 Å². The van der Waals surface area contributed by atoms with Crippen LogP contribution in [0.2, 0.25) is 0 Å². The van der Waals surface area contributed by atoms with Gasteiger partial charge in [-0.25, -0.2) is 0 Å². The van der Waals surface area contributed by atoms with Crippen molar-refractivity contribution in [3.63, 3.8) is 0 Å². The molecule has 0 radical (unpaired) electrons. The maximum Gasteiger partial charge on any atom is 0.0733 e. The van der Waals surface area contributed by atoms with Crippen molar-refractivity contribution < 1.29 is 4.74 Å². The van der Waals surface area contributed by atoms with Crippen molar-refractivity contribution in [3.8, 4) is 0 Å². The van der Waals surface area contributed by atoms with Crippen molar-refractivity contribution in [2.75, 3.05) is 12.4 Å². The van der Waals surface area contributed by atoms with Crippen molar-refractivity contribution in [1.82, 2.24) is 0 Å². The number of para-hydroxylation sites is 1. The summed E-state index contributed by atoms with van der Waals surface area (Å²) in [7, 11) is 1.74. The molecule has 110 valence electrons. The van der Waals surface area contributed by atoms with E-state index in [1.54, 1.807) is 7.11 Å². The number of benzene rings is 2. The van der Waals surface area contributed by atoms with Crippen LogP contribution in [0.25, 0.3) is 0 Å². The summed E-state index contributed by atoms with van der Waals surface area (Å²) >= 11 is 3.65.